The third-order valence-corrected chi connectivity index (χ3v) is 3.37. The van der Waals surface area contributed by atoms with Gasteiger partial charge in [-0.2, -0.15) is 0 Å². The van der Waals surface area contributed by atoms with E-state index in [2.05, 4.69) is 5.32 Å². The Morgan fingerprint density at radius 1 is 1.13 bits per heavy atom. The van der Waals surface area contributed by atoms with Crippen LogP contribution in [-0.4, -0.2) is 16.8 Å². The first-order valence-corrected chi connectivity index (χ1v) is 6.91. The van der Waals surface area contributed by atoms with Crippen LogP contribution in [0.25, 0.3) is 0 Å². The molecule has 0 aliphatic rings. The fourth-order valence-electron chi connectivity index (χ4n) is 2.11. The molecular formula is C17H15F2NO3. The summed E-state index contributed by atoms with van der Waals surface area (Å²) in [6.07, 6.45) is 0.0713. The van der Waals surface area contributed by atoms with Gasteiger partial charge in [-0.1, -0.05) is 12.1 Å². The largest absolute Gasteiger partial charge is 0.508 e. The molecule has 0 radical (unpaired) electrons. The number of rotatable bonds is 5. The highest BCUT2D eigenvalue weighted by atomic mass is 19.1. The van der Waals surface area contributed by atoms with Crippen LogP contribution >= 0.6 is 0 Å². The summed E-state index contributed by atoms with van der Waals surface area (Å²) >= 11 is 0. The molecule has 0 saturated heterocycles. The fraction of sp³-hybridized carbons (Fsp3) is 0.176. The maximum absolute atomic E-state index is 13.6. The van der Waals surface area contributed by atoms with Crippen LogP contribution in [0.5, 0.6) is 5.75 Å². The van der Waals surface area contributed by atoms with E-state index < -0.39 is 29.2 Å². The van der Waals surface area contributed by atoms with Gasteiger partial charge in [-0.05, 0) is 43.2 Å². The molecule has 0 heterocycles. The summed E-state index contributed by atoms with van der Waals surface area (Å²) in [5.41, 5.74) is 0.401. The topological polar surface area (TPSA) is 66.4 Å². The van der Waals surface area contributed by atoms with Crippen LogP contribution < -0.4 is 5.32 Å². The number of benzene rings is 2. The Morgan fingerprint density at radius 3 is 2.39 bits per heavy atom. The summed E-state index contributed by atoms with van der Waals surface area (Å²) in [5, 5.41) is 11.6. The normalized spacial score (nSPS) is 11.8. The van der Waals surface area contributed by atoms with Crippen molar-refractivity contribution in [3.05, 3.63) is 59.7 Å². The number of halogens is 2. The monoisotopic (exact) mass is 319 g/mol. The molecule has 0 spiro atoms. The summed E-state index contributed by atoms with van der Waals surface area (Å²) in [6.45, 7) is 1.26. The van der Waals surface area contributed by atoms with Crippen molar-refractivity contribution in [2.75, 3.05) is 5.32 Å². The summed E-state index contributed by atoms with van der Waals surface area (Å²) in [7, 11) is 0. The first-order valence-electron chi connectivity index (χ1n) is 6.91. The number of aromatic hydroxyl groups is 1. The van der Waals surface area contributed by atoms with E-state index in [-0.39, 0.29) is 17.9 Å². The lowest BCUT2D eigenvalue weighted by molar-refractivity contribution is -0.129. The highest BCUT2D eigenvalue weighted by Crippen LogP contribution is 2.21. The van der Waals surface area contributed by atoms with E-state index in [1.54, 1.807) is 0 Å². The predicted molar refractivity (Wildman–Crippen MR) is 81.0 cm³/mol. The van der Waals surface area contributed by atoms with E-state index in [0.29, 0.717) is 5.56 Å². The highest BCUT2D eigenvalue weighted by Gasteiger charge is 2.24. The molecule has 6 heteroatoms. The summed E-state index contributed by atoms with van der Waals surface area (Å²) in [4.78, 5) is 24.0. The molecule has 0 bridgehead atoms. The van der Waals surface area contributed by atoms with Gasteiger partial charge in [0.1, 0.15) is 29.1 Å². The van der Waals surface area contributed by atoms with Crippen molar-refractivity contribution in [3.8, 4) is 5.75 Å². The second-order valence-electron chi connectivity index (χ2n) is 5.15. The number of ketones is 1. The zero-order chi connectivity index (χ0) is 17.0. The van der Waals surface area contributed by atoms with Crippen molar-refractivity contribution in [2.45, 2.75) is 13.3 Å². The Balaban J connectivity index is 2.17. The van der Waals surface area contributed by atoms with Crippen LogP contribution in [-0.2, 0) is 16.0 Å². The van der Waals surface area contributed by atoms with Crippen LogP contribution in [0.15, 0.2) is 42.5 Å². The zero-order valence-electron chi connectivity index (χ0n) is 12.3. The molecule has 120 valence electrons. The maximum Gasteiger partial charge on any atom is 0.235 e. The summed E-state index contributed by atoms with van der Waals surface area (Å²) in [5.74, 6) is -3.47. The molecule has 0 aromatic heterocycles. The van der Waals surface area contributed by atoms with Gasteiger partial charge in [-0.3, -0.25) is 9.59 Å². The summed E-state index contributed by atoms with van der Waals surface area (Å²) in [6, 6.07) is 8.64. The molecule has 23 heavy (non-hydrogen) atoms. The average molecular weight is 319 g/mol. The summed E-state index contributed by atoms with van der Waals surface area (Å²) < 4.78 is 26.5. The van der Waals surface area contributed by atoms with Crippen molar-refractivity contribution in [3.63, 3.8) is 0 Å². The van der Waals surface area contributed by atoms with E-state index in [1.807, 2.05) is 0 Å². The molecule has 4 nitrogen and oxygen atoms in total. The van der Waals surface area contributed by atoms with Crippen LogP contribution in [0.3, 0.4) is 0 Å². The molecule has 0 fully saturated rings. The molecule has 1 atom stereocenters. The minimum atomic E-state index is -1.04. The Hall–Kier alpha value is -2.76. The van der Waals surface area contributed by atoms with Crippen LogP contribution in [0.1, 0.15) is 12.5 Å². The van der Waals surface area contributed by atoms with Gasteiger partial charge >= 0.3 is 0 Å². The van der Waals surface area contributed by atoms with Crippen molar-refractivity contribution in [1.82, 2.24) is 0 Å². The lowest BCUT2D eigenvalue weighted by Gasteiger charge is -2.15. The Kier molecular flexibility index (Phi) is 5.05. The first kappa shape index (κ1) is 16.6. The number of hydrogen-bond donors (Lipinski definition) is 2. The Morgan fingerprint density at radius 2 is 1.78 bits per heavy atom. The molecule has 1 unspecified atom stereocenters. The van der Waals surface area contributed by atoms with Crippen molar-refractivity contribution < 1.29 is 23.5 Å². The van der Waals surface area contributed by atoms with Gasteiger partial charge in [0.05, 0.1) is 5.69 Å². The van der Waals surface area contributed by atoms with Gasteiger partial charge in [0.15, 0.2) is 0 Å². The number of amides is 1. The molecule has 0 aliphatic carbocycles. The number of phenolic OH excluding ortho intramolecular Hbond substituents is 1. The van der Waals surface area contributed by atoms with E-state index >= 15 is 0 Å². The van der Waals surface area contributed by atoms with Gasteiger partial charge in [0, 0.05) is 6.07 Å². The number of carbonyl (C=O) groups excluding carboxylic acids is 2. The molecular weight excluding hydrogens is 304 g/mol. The van der Waals surface area contributed by atoms with Gasteiger partial charge in [0.2, 0.25) is 5.91 Å². The number of Topliss-reactive ketones (excluding diaryl/α,β-unsaturated/α-hetero) is 1. The highest BCUT2D eigenvalue weighted by molar-refractivity contribution is 6.06. The fourth-order valence-corrected chi connectivity index (χ4v) is 2.11. The minimum absolute atomic E-state index is 0.0713. The minimum Gasteiger partial charge on any atom is -0.508 e. The number of phenols is 1. The van der Waals surface area contributed by atoms with Crippen molar-refractivity contribution in [2.24, 2.45) is 5.92 Å². The van der Waals surface area contributed by atoms with Gasteiger partial charge in [0.25, 0.3) is 0 Å². The molecule has 0 saturated carbocycles. The van der Waals surface area contributed by atoms with Gasteiger partial charge in [-0.25, -0.2) is 8.78 Å². The zero-order valence-corrected chi connectivity index (χ0v) is 12.3. The quantitative estimate of drug-likeness (QED) is 0.832. The van der Waals surface area contributed by atoms with Crippen LogP contribution in [0.2, 0.25) is 0 Å². The standard InChI is InChI=1S/C17H15F2NO3/c1-10(21)14(8-11-2-4-12(18)5-3-11)17(23)20-16-9-13(22)6-7-15(16)19/h2-7,9,14,22H,8H2,1H3,(H,20,23). The number of carbonyl (C=O) groups is 2. The third-order valence-electron chi connectivity index (χ3n) is 3.37. The third kappa shape index (κ3) is 4.35. The number of hydrogen-bond acceptors (Lipinski definition) is 3. The van der Waals surface area contributed by atoms with Gasteiger partial charge in [-0.15, -0.1) is 0 Å². The molecule has 2 N–H and O–H groups in total. The Bertz CT molecular complexity index is 729. The van der Waals surface area contributed by atoms with E-state index in [4.69, 9.17) is 0 Å². The van der Waals surface area contributed by atoms with Crippen molar-refractivity contribution in [1.29, 1.82) is 0 Å². The second kappa shape index (κ2) is 7.00. The number of anilines is 1. The molecule has 2 aromatic rings. The molecule has 0 aliphatic heterocycles. The molecule has 1 amide bonds. The lowest BCUT2D eigenvalue weighted by atomic mass is 9.95. The smallest absolute Gasteiger partial charge is 0.235 e. The van der Waals surface area contributed by atoms with Crippen molar-refractivity contribution >= 4 is 17.4 Å². The molecule has 2 aromatic carbocycles. The van der Waals surface area contributed by atoms with E-state index in [1.165, 1.54) is 31.2 Å². The number of nitrogens with one attached hydrogen (secondary N) is 1. The average Bonchev–Trinajstić information content (AvgIpc) is 2.50. The first-order chi connectivity index (χ1) is 10.9. The lowest BCUT2D eigenvalue weighted by Crippen LogP contribution is -2.30. The second-order valence-corrected chi connectivity index (χ2v) is 5.15. The predicted octanol–water partition coefficient (Wildman–Crippen LogP) is 3.06. The van der Waals surface area contributed by atoms with Gasteiger partial charge < -0.3 is 10.4 Å². The SMILES string of the molecule is CC(=O)C(Cc1ccc(F)cc1)C(=O)Nc1cc(O)ccc1F. The van der Waals surface area contributed by atoms with Crippen LogP contribution in [0.4, 0.5) is 14.5 Å². The van der Waals surface area contributed by atoms with E-state index in [9.17, 15) is 23.5 Å². The Labute approximate surface area is 131 Å². The van der Waals surface area contributed by atoms with E-state index in [0.717, 1.165) is 18.2 Å². The maximum atomic E-state index is 13.6. The molecule has 2 rings (SSSR count). The van der Waals surface area contributed by atoms with Crippen LogP contribution in [0, 0.1) is 17.6 Å².